The van der Waals surface area contributed by atoms with E-state index < -0.39 is 5.60 Å². The van der Waals surface area contributed by atoms with E-state index in [2.05, 4.69) is 46.7 Å². The van der Waals surface area contributed by atoms with Crippen molar-refractivity contribution in [2.24, 2.45) is 0 Å². The number of hydrogen-bond acceptors (Lipinski definition) is 4. The highest BCUT2D eigenvalue weighted by Crippen LogP contribution is 2.23. The van der Waals surface area contributed by atoms with Crippen LogP contribution in [0.2, 0.25) is 0 Å². The Labute approximate surface area is 145 Å². The first-order valence-corrected chi connectivity index (χ1v) is 8.86. The maximum absolute atomic E-state index is 11.6. The maximum Gasteiger partial charge on any atom is 0.407 e. The summed E-state index contributed by atoms with van der Waals surface area (Å²) in [5.74, 6) is 0. The molecular weight excluding hydrogens is 302 g/mol. The van der Waals surface area contributed by atoms with Gasteiger partial charge in [-0.3, -0.25) is 0 Å². The molecule has 1 aliphatic heterocycles. The molecule has 2 N–H and O–H groups in total. The predicted octanol–water partition coefficient (Wildman–Crippen LogP) is 3.08. The van der Waals surface area contributed by atoms with Gasteiger partial charge < -0.3 is 20.3 Å². The molecule has 0 saturated carbocycles. The second-order valence-corrected chi connectivity index (χ2v) is 7.43. The molecule has 0 aromatic heterocycles. The molecule has 1 fully saturated rings. The Kier molecular flexibility index (Phi) is 6.49. The molecular formula is C19H31N3O2. The van der Waals surface area contributed by atoms with E-state index >= 15 is 0 Å². The van der Waals surface area contributed by atoms with Crippen LogP contribution in [-0.4, -0.2) is 43.9 Å². The van der Waals surface area contributed by atoms with Gasteiger partial charge in [-0.15, -0.1) is 0 Å². The number of piperidine rings is 1. The first-order chi connectivity index (χ1) is 11.3. The summed E-state index contributed by atoms with van der Waals surface area (Å²) in [5, 5.41) is 6.32. The second kappa shape index (κ2) is 8.38. The van der Waals surface area contributed by atoms with Gasteiger partial charge in [0.2, 0.25) is 0 Å². The molecule has 1 saturated heterocycles. The molecule has 2 rings (SSSR count). The molecule has 1 heterocycles. The Bertz CT molecular complexity index is 532. The molecule has 1 aromatic carbocycles. The molecule has 5 nitrogen and oxygen atoms in total. The van der Waals surface area contributed by atoms with Crippen molar-refractivity contribution < 1.29 is 9.53 Å². The van der Waals surface area contributed by atoms with Crippen molar-refractivity contribution in [2.75, 3.05) is 31.1 Å². The molecule has 0 atom stereocenters. The number of aryl methyl sites for hydroxylation is 1. The first kappa shape index (κ1) is 18.6. The van der Waals surface area contributed by atoms with Crippen molar-refractivity contribution in [2.45, 2.75) is 52.2 Å². The average Bonchev–Trinajstić information content (AvgIpc) is 2.51. The van der Waals surface area contributed by atoms with Crippen molar-refractivity contribution in [3.8, 4) is 0 Å². The summed E-state index contributed by atoms with van der Waals surface area (Å²) >= 11 is 0. The van der Waals surface area contributed by atoms with Crippen LogP contribution in [0.4, 0.5) is 10.5 Å². The van der Waals surface area contributed by atoms with Crippen LogP contribution in [0.25, 0.3) is 0 Å². The number of benzene rings is 1. The van der Waals surface area contributed by atoms with Gasteiger partial charge in [0.15, 0.2) is 0 Å². The van der Waals surface area contributed by atoms with Gasteiger partial charge in [0.1, 0.15) is 5.60 Å². The van der Waals surface area contributed by atoms with E-state index in [9.17, 15) is 4.79 Å². The summed E-state index contributed by atoms with van der Waals surface area (Å²) in [4.78, 5) is 14.0. The van der Waals surface area contributed by atoms with Crippen LogP contribution >= 0.6 is 0 Å². The molecule has 1 aliphatic rings. The maximum atomic E-state index is 11.6. The average molecular weight is 333 g/mol. The van der Waals surface area contributed by atoms with Crippen molar-refractivity contribution in [3.05, 3.63) is 29.8 Å². The number of ether oxygens (including phenoxy) is 1. The number of anilines is 1. The van der Waals surface area contributed by atoms with E-state index in [0.717, 1.165) is 32.5 Å². The standard InChI is InChI=1S/C19H31N3O2/c1-15-7-5-6-8-17(15)22-13-9-16(10-14-22)20-11-12-21-18(23)24-19(2,3)4/h5-8,16,20H,9-14H2,1-4H3,(H,21,23). The van der Waals surface area contributed by atoms with Crippen molar-refractivity contribution >= 4 is 11.8 Å². The van der Waals surface area contributed by atoms with Crippen LogP contribution in [0.5, 0.6) is 0 Å². The zero-order valence-electron chi connectivity index (χ0n) is 15.4. The minimum absolute atomic E-state index is 0.348. The summed E-state index contributed by atoms with van der Waals surface area (Å²) in [5.41, 5.74) is 2.24. The van der Waals surface area contributed by atoms with E-state index in [1.165, 1.54) is 11.3 Å². The predicted molar refractivity (Wildman–Crippen MR) is 98.7 cm³/mol. The molecule has 24 heavy (non-hydrogen) atoms. The number of nitrogens with one attached hydrogen (secondary N) is 2. The Morgan fingerprint density at radius 2 is 1.88 bits per heavy atom. The lowest BCUT2D eigenvalue weighted by Crippen LogP contribution is -2.45. The molecule has 1 amide bonds. The topological polar surface area (TPSA) is 53.6 Å². The number of carbonyl (C=O) groups excluding carboxylic acids is 1. The van der Waals surface area contributed by atoms with Crippen LogP contribution < -0.4 is 15.5 Å². The van der Waals surface area contributed by atoms with Crippen LogP contribution in [0, 0.1) is 6.92 Å². The van der Waals surface area contributed by atoms with Crippen LogP contribution in [0.1, 0.15) is 39.2 Å². The molecule has 1 aromatic rings. The summed E-state index contributed by atoms with van der Waals surface area (Å²) in [6.07, 6.45) is 1.90. The number of para-hydroxylation sites is 1. The highest BCUT2D eigenvalue weighted by Gasteiger charge is 2.20. The molecule has 0 bridgehead atoms. The highest BCUT2D eigenvalue weighted by molar-refractivity contribution is 5.67. The number of rotatable bonds is 5. The molecule has 134 valence electrons. The zero-order chi connectivity index (χ0) is 17.6. The summed E-state index contributed by atoms with van der Waals surface area (Å²) in [6, 6.07) is 9.08. The highest BCUT2D eigenvalue weighted by atomic mass is 16.6. The lowest BCUT2D eigenvalue weighted by atomic mass is 10.0. The SMILES string of the molecule is Cc1ccccc1N1CCC(NCCNC(=O)OC(C)(C)C)CC1. The van der Waals surface area contributed by atoms with Gasteiger partial charge in [0.25, 0.3) is 0 Å². The Hall–Kier alpha value is -1.75. The van der Waals surface area contributed by atoms with Crippen molar-refractivity contribution in [1.29, 1.82) is 0 Å². The van der Waals surface area contributed by atoms with Crippen LogP contribution in [0.15, 0.2) is 24.3 Å². The third-order valence-corrected chi connectivity index (χ3v) is 4.18. The third-order valence-electron chi connectivity index (χ3n) is 4.18. The molecule has 5 heteroatoms. The van der Waals surface area contributed by atoms with Gasteiger partial charge in [0.05, 0.1) is 0 Å². The van der Waals surface area contributed by atoms with Crippen molar-refractivity contribution in [1.82, 2.24) is 10.6 Å². The molecule has 0 spiro atoms. The fourth-order valence-corrected chi connectivity index (χ4v) is 3.00. The molecule has 0 radical (unpaired) electrons. The summed E-state index contributed by atoms with van der Waals surface area (Å²) < 4.78 is 5.22. The van der Waals surface area contributed by atoms with Crippen LogP contribution in [-0.2, 0) is 4.74 Å². The smallest absolute Gasteiger partial charge is 0.407 e. The van der Waals surface area contributed by atoms with Gasteiger partial charge >= 0.3 is 6.09 Å². The quantitative estimate of drug-likeness (QED) is 0.813. The fourth-order valence-electron chi connectivity index (χ4n) is 3.00. The number of alkyl carbamates (subject to hydrolysis) is 1. The minimum Gasteiger partial charge on any atom is -0.444 e. The van der Waals surface area contributed by atoms with Gasteiger partial charge in [-0.05, 0) is 52.2 Å². The Morgan fingerprint density at radius 3 is 2.50 bits per heavy atom. The Morgan fingerprint density at radius 1 is 1.21 bits per heavy atom. The van der Waals surface area contributed by atoms with E-state index in [1.54, 1.807) is 0 Å². The molecule has 0 unspecified atom stereocenters. The van der Waals surface area contributed by atoms with Gasteiger partial charge in [0, 0.05) is 37.9 Å². The summed E-state index contributed by atoms with van der Waals surface area (Å²) in [6.45, 7) is 11.3. The number of amides is 1. The van der Waals surface area contributed by atoms with E-state index in [1.807, 2.05) is 20.8 Å². The number of nitrogens with zero attached hydrogens (tertiary/aromatic N) is 1. The second-order valence-electron chi connectivity index (χ2n) is 7.43. The van der Waals surface area contributed by atoms with E-state index in [-0.39, 0.29) is 6.09 Å². The van der Waals surface area contributed by atoms with E-state index in [0.29, 0.717) is 12.6 Å². The first-order valence-electron chi connectivity index (χ1n) is 8.86. The largest absolute Gasteiger partial charge is 0.444 e. The fraction of sp³-hybridized carbons (Fsp3) is 0.632. The Balaban J connectivity index is 1.64. The normalized spacial score (nSPS) is 16.1. The monoisotopic (exact) mass is 333 g/mol. The zero-order valence-corrected chi connectivity index (χ0v) is 15.4. The molecule has 0 aliphatic carbocycles. The number of carbonyl (C=O) groups is 1. The van der Waals surface area contributed by atoms with E-state index in [4.69, 9.17) is 4.74 Å². The van der Waals surface area contributed by atoms with Gasteiger partial charge in [-0.2, -0.15) is 0 Å². The number of hydrogen-bond donors (Lipinski definition) is 2. The lowest BCUT2D eigenvalue weighted by molar-refractivity contribution is 0.0528. The lowest BCUT2D eigenvalue weighted by Gasteiger charge is -2.35. The minimum atomic E-state index is -0.445. The summed E-state index contributed by atoms with van der Waals surface area (Å²) in [7, 11) is 0. The van der Waals surface area contributed by atoms with Crippen LogP contribution in [0.3, 0.4) is 0 Å². The van der Waals surface area contributed by atoms with Gasteiger partial charge in [-0.1, -0.05) is 18.2 Å². The van der Waals surface area contributed by atoms with Gasteiger partial charge in [-0.25, -0.2) is 4.79 Å². The van der Waals surface area contributed by atoms with Crippen molar-refractivity contribution in [3.63, 3.8) is 0 Å². The third kappa shape index (κ3) is 6.04.